The van der Waals surface area contributed by atoms with E-state index in [0.717, 1.165) is 13.1 Å². The molecule has 0 aliphatic carbocycles. The largest absolute Gasteiger partial charge is 0.518 e. The van der Waals surface area contributed by atoms with Gasteiger partial charge in [0.25, 0.3) is 14.3 Å². The lowest BCUT2D eigenvalue weighted by Crippen LogP contribution is -2.41. The van der Waals surface area contributed by atoms with Gasteiger partial charge in [-0.15, -0.1) is 0 Å². The predicted octanol–water partition coefficient (Wildman–Crippen LogP) is 6.55. The van der Waals surface area contributed by atoms with Crippen LogP contribution in [0.3, 0.4) is 0 Å². The third-order valence-corrected chi connectivity index (χ3v) is 9.52. The van der Waals surface area contributed by atoms with Crippen LogP contribution >= 0.6 is 0 Å². The Morgan fingerprint density at radius 1 is 0.893 bits per heavy atom. The van der Waals surface area contributed by atoms with Crippen molar-refractivity contribution in [1.29, 1.82) is 0 Å². The highest BCUT2D eigenvalue weighted by Crippen LogP contribution is 2.38. The Morgan fingerprint density at radius 2 is 1.36 bits per heavy atom. The molecule has 2 aromatic carbocycles. The summed E-state index contributed by atoms with van der Waals surface area (Å²) in [6.45, 7) is 15.4. The maximum absolute atomic E-state index is 6.48. The molecule has 0 amide bonds. The van der Waals surface area contributed by atoms with Gasteiger partial charge in [0.15, 0.2) is 0 Å². The highest BCUT2D eigenvalue weighted by Gasteiger charge is 2.40. The van der Waals surface area contributed by atoms with Crippen molar-refractivity contribution >= 4 is 8.32 Å². The molecular weight excluding hydrogens is 362 g/mol. The summed E-state index contributed by atoms with van der Waals surface area (Å²) >= 11 is 0. The van der Waals surface area contributed by atoms with Gasteiger partial charge in [0.2, 0.25) is 0 Å². The third kappa shape index (κ3) is 6.75. The molecule has 0 saturated heterocycles. The summed E-state index contributed by atoms with van der Waals surface area (Å²) in [4.78, 5) is 2.27. The molecule has 0 aliphatic heterocycles. The lowest BCUT2D eigenvalue weighted by Gasteiger charge is -2.37. The van der Waals surface area contributed by atoms with E-state index in [1.807, 2.05) is 25.3 Å². The van der Waals surface area contributed by atoms with Gasteiger partial charge in [-0.05, 0) is 36.2 Å². The van der Waals surface area contributed by atoms with E-state index in [0.29, 0.717) is 12.6 Å². The Kier molecular flexibility index (Phi) is 7.75. The van der Waals surface area contributed by atoms with Crippen LogP contribution in [-0.2, 0) is 22.3 Å². The SMILES string of the molecule is CCO/C(=C\N(Cc1ccccc1)Cc1ccccc1)O[Si](C)(C)C(C)(C)C. The van der Waals surface area contributed by atoms with Crippen molar-refractivity contribution < 1.29 is 9.16 Å². The van der Waals surface area contributed by atoms with Gasteiger partial charge in [-0.25, -0.2) is 0 Å². The molecular formula is C24H35NO2Si. The van der Waals surface area contributed by atoms with Gasteiger partial charge in [-0.2, -0.15) is 0 Å². The first-order chi connectivity index (χ1) is 13.2. The Labute approximate surface area is 172 Å². The first-order valence-corrected chi connectivity index (χ1v) is 13.0. The van der Waals surface area contributed by atoms with Crippen molar-refractivity contribution in [3.05, 3.63) is 83.9 Å². The summed E-state index contributed by atoms with van der Waals surface area (Å²) in [6.07, 6.45) is 2.05. The minimum absolute atomic E-state index is 0.118. The Morgan fingerprint density at radius 3 is 1.75 bits per heavy atom. The zero-order chi connectivity index (χ0) is 20.6. The molecule has 0 aromatic heterocycles. The van der Waals surface area contributed by atoms with Gasteiger partial charge in [0.1, 0.15) is 0 Å². The van der Waals surface area contributed by atoms with Crippen molar-refractivity contribution in [3.8, 4) is 0 Å². The number of nitrogens with zero attached hydrogens (tertiary/aromatic N) is 1. The minimum Gasteiger partial charge on any atom is -0.518 e. The van der Waals surface area contributed by atoms with Crippen molar-refractivity contribution in [3.63, 3.8) is 0 Å². The average Bonchev–Trinajstić information content (AvgIpc) is 2.62. The number of ether oxygens (including phenoxy) is 1. The van der Waals surface area contributed by atoms with E-state index < -0.39 is 8.32 Å². The van der Waals surface area contributed by atoms with Gasteiger partial charge >= 0.3 is 0 Å². The van der Waals surface area contributed by atoms with Crippen LogP contribution in [0.25, 0.3) is 0 Å². The van der Waals surface area contributed by atoms with Crippen LogP contribution < -0.4 is 0 Å². The van der Waals surface area contributed by atoms with Crippen LogP contribution in [0.2, 0.25) is 18.1 Å². The van der Waals surface area contributed by atoms with Crippen molar-refractivity contribution in [2.24, 2.45) is 0 Å². The summed E-state index contributed by atoms with van der Waals surface area (Å²) in [5, 5.41) is 0.118. The first kappa shape index (κ1) is 22.1. The summed E-state index contributed by atoms with van der Waals surface area (Å²) < 4.78 is 12.4. The van der Waals surface area contributed by atoms with Crippen LogP contribution in [0.4, 0.5) is 0 Å². The zero-order valence-corrected chi connectivity index (χ0v) is 19.2. The number of hydrogen-bond acceptors (Lipinski definition) is 3. The highest BCUT2D eigenvalue weighted by molar-refractivity contribution is 6.74. The highest BCUT2D eigenvalue weighted by atomic mass is 28.4. The maximum atomic E-state index is 6.48. The normalized spacial score (nSPS) is 12.6. The summed E-state index contributed by atoms with van der Waals surface area (Å²) in [6, 6.07) is 21.0. The molecule has 0 aliphatic rings. The van der Waals surface area contributed by atoms with E-state index in [4.69, 9.17) is 9.16 Å². The zero-order valence-electron chi connectivity index (χ0n) is 18.2. The molecule has 0 bridgehead atoms. The average molecular weight is 398 g/mol. The second-order valence-electron chi connectivity index (χ2n) is 8.62. The molecule has 0 spiro atoms. The fourth-order valence-corrected chi connectivity index (χ4v) is 3.49. The van der Waals surface area contributed by atoms with E-state index in [1.165, 1.54) is 11.1 Å². The molecule has 0 N–H and O–H groups in total. The van der Waals surface area contributed by atoms with E-state index in [1.54, 1.807) is 0 Å². The molecule has 28 heavy (non-hydrogen) atoms. The third-order valence-electron chi connectivity index (χ3n) is 5.19. The fourth-order valence-electron chi connectivity index (χ4n) is 2.57. The summed E-state index contributed by atoms with van der Waals surface area (Å²) in [5.74, 6) is 0.626. The smallest absolute Gasteiger partial charge is 0.282 e. The fraction of sp³-hybridized carbons (Fsp3) is 0.417. The lowest BCUT2D eigenvalue weighted by molar-refractivity contribution is 0.0973. The van der Waals surface area contributed by atoms with Gasteiger partial charge in [-0.1, -0.05) is 81.4 Å². The molecule has 2 rings (SSSR count). The molecule has 152 valence electrons. The molecule has 0 saturated carbocycles. The quantitative estimate of drug-likeness (QED) is 0.354. The standard InChI is InChI=1S/C24H35NO2Si/c1-7-26-23(27-28(5,6)24(2,3)4)20-25(18-21-14-10-8-11-15-21)19-22-16-12-9-13-17-22/h8-17,20H,7,18-19H2,1-6H3/b23-20+. The molecule has 0 radical (unpaired) electrons. The van der Waals surface area contributed by atoms with Crippen molar-refractivity contribution in [2.45, 2.75) is 58.9 Å². The molecule has 0 unspecified atom stereocenters. The minimum atomic E-state index is -1.98. The van der Waals surface area contributed by atoms with Gasteiger partial charge in [0.05, 0.1) is 12.8 Å². The Hall–Kier alpha value is -2.20. The Bertz CT molecular complexity index is 695. The predicted molar refractivity (Wildman–Crippen MR) is 120 cm³/mol. The molecule has 4 heteroatoms. The second-order valence-corrected chi connectivity index (χ2v) is 13.3. The van der Waals surface area contributed by atoms with E-state index in [2.05, 4.69) is 87.3 Å². The summed E-state index contributed by atoms with van der Waals surface area (Å²) in [5.41, 5.74) is 2.52. The molecule has 0 atom stereocenters. The molecule has 0 fully saturated rings. The molecule has 0 heterocycles. The van der Waals surface area contributed by atoms with Crippen LogP contribution in [0.1, 0.15) is 38.8 Å². The topological polar surface area (TPSA) is 21.7 Å². The maximum Gasteiger partial charge on any atom is 0.282 e. The first-order valence-electron chi connectivity index (χ1n) is 10.1. The van der Waals surface area contributed by atoms with E-state index in [-0.39, 0.29) is 5.04 Å². The lowest BCUT2D eigenvalue weighted by atomic mass is 10.2. The van der Waals surface area contributed by atoms with Crippen LogP contribution in [0, 0.1) is 0 Å². The molecule has 2 aromatic rings. The summed E-state index contributed by atoms with van der Waals surface area (Å²) in [7, 11) is -1.98. The van der Waals surface area contributed by atoms with Crippen molar-refractivity contribution in [2.75, 3.05) is 6.61 Å². The van der Waals surface area contributed by atoms with E-state index in [9.17, 15) is 0 Å². The van der Waals surface area contributed by atoms with Crippen LogP contribution in [-0.4, -0.2) is 19.8 Å². The van der Waals surface area contributed by atoms with Crippen molar-refractivity contribution in [1.82, 2.24) is 4.90 Å². The second kappa shape index (κ2) is 9.83. The van der Waals surface area contributed by atoms with Gasteiger partial charge in [-0.3, -0.25) is 0 Å². The monoisotopic (exact) mass is 397 g/mol. The van der Waals surface area contributed by atoms with Crippen LogP contribution in [0.5, 0.6) is 0 Å². The molecule has 3 nitrogen and oxygen atoms in total. The van der Waals surface area contributed by atoms with Gasteiger partial charge in [0, 0.05) is 13.1 Å². The Balaban J connectivity index is 2.29. The number of hydrogen-bond donors (Lipinski definition) is 0. The number of benzene rings is 2. The number of rotatable bonds is 9. The van der Waals surface area contributed by atoms with Crippen LogP contribution in [0.15, 0.2) is 72.8 Å². The van der Waals surface area contributed by atoms with Gasteiger partial charge < -0.3 is 14.1 Å². The van der Waals surface area contributed by atoms with E-state index >= 15 is 0 Å².